The Morgan fingerprint density at radius 1 is 0.229 bits per heavy atom. The van der Waals surface area contributed by atoms with Gasteiger partial charge >= 0.3 is 0 Å². The van der Waals surface area contributed by atoms with Crippen LogP contribution in [-0.2, 0) is 0 Å². The molecule has 0 N–H and O–H groups in total. The molecule has 0 heteroatoms. The molecule has 0 unspecified atom stereocenters. The Morgan fingerprint density at radius 3 is 0.600 bits per heavy atom. The molecule has 0 saturated heterocycles. The maximum atomic E-state index is 2.45. The smallest absolute Gasteiger partial charge is 0.0351 e. The van der Waals surface area contributed by atoms with E-state index in [2.05, 4.69) is 38.2 Å². The highest BCUT2D eigenvalue weighted by molar-refractivity contribution is 4.82. The van der Waals surface area contributed by atoms with Gasteiger partial charge in [-0.15, -0.1) is 0 Å². The lowest BCUT2D eigenvalue weighted by Gasteiger charge is -2.02. The van der Waals surface area contributed by atoms with E-state index in [0.29, 0.717) is 0 Å². The normalized spacial score (nSPS) is 11.9. The van der Waals surface area contributed by atoms with Gasteiger partial charge in [0.1, 0.15) is 0 Å². The fraction of sp³-hybridized carbons (Fsp3) is 0.886. The van der Waals surface area contributed by atoms with Crippen LogP contribution in [0.25, 0.3) is 0 Å². The third kappa shape index (κ3) is 33.5. The topological polar surface area (TPSA) is 0 Å². The number of unbranched alkanes of at least 4 members (excludes halogenated alkanes) is 26. The first kappa shape index (κ1) is 34.5. The van der Waals surface area contributed by atoms with E-state index in [-0.39, 0.29) is 0 Å². The van der Waals surface area contributed by atoms with Crippen LogP contribution in [0.15, 0.2) is 24.3 Å². The fourth-order valence-corrected chi connectivity index (χ4v) is 5.03. The summed E-state index contributed by atoms with van der Waals surface area (Å²) in [6, 6.07) is 0. The number of allylic oxidation sites excluding steroid dienone is 4. The van der Waals surface area contributed by atoms with Crippen molar-refractivity contribution in [1.82, 2.24) is 0 Å². The molecule has 0 rings (SSSR count). The van der Waals surface area contributed by atoms with Gasteiger partial charge in [-0.25, -0.2) is 0 Å². The summed E-state index contributed by atoms with van der Waals surface area (Å²) in [5, 5.41) is 0. The summed E-state index contributed by atoms with van der Waals surface area (Å²) in [6.07, 6.45) is 50.9. The summed E-state index contributed by atoms with van der Waals surface area (Å²) >= 11 is 0. The SMILES string of the molecule is CCCCCCCCC=CCCCCCCCCC=CCCCCCCCCCCCCCCC. The number of rotatable bonds is 30. The average molecular weight is 489 g/mol. The van der Waals surface area contributed by atoms with Gasteiger partial charge in [0, 0.05) is 0 Å². The molecule has 0 aromatic rings. The van der Waals surface area contributed by atoms with Gasteiger partial charge in [0.25, 0.3) is 0 Å². The summed E-state index contributed by atoms with van der Waals surface area (Å²) in [7, 11) is 0. The van der Waals surface area contributed by atoms with Gasteiger partial charge in [0.2, 0.25) is 0 Å². The zero-order chi connectivity index (χ0) is 25.3. The van der Waals surface area contributed by atoms with E-state index < -0.39 is 0 Å². The molecule has 0 radical (unpaired) electrons. The summed E-state index contributed by atoms with van der Waals surface area (Å²) in [4.78, 5) is 0. The standard InChI is InChI=1S/C35H68/c1-3-5-7-9-11-13-15-17-19-21-23-25-27-29-31-33-35-34-32-30-28-26-24-22-20-18-16-14-12-10-8-6-4-2/h17,19,32,34H,3-16,18,20-31,33,35H2,1-2H3. The van der Waals surface area contributed by atoms with E-state index in [4.69, 9.17) is 0 Å². The number of hydrogen-bond acceptors (Lipinski definition) is 0. The zero-order valence-corrected chi connectivity index (χ0v) is 24.8. The Labute approximate surface area is 224 Å². The molecule has 0 fully saturated rings. The van der Waals surface area contributed by atoms with Crippen molar-refractivity contribution < 1.29 is 0 Å². The lowest BCUT2D eigenvalue weighted by atomic mass is 10.0. The van der Waals surface area contributed by atoms with Gasteiger partial charge in [-0.3, -0.25) is 0 Å². The molecule has 0 atom stereocenters. The molecule has 0 aliphatic carbocycles. The largest absolute Gasteiger partial charge is 0.0885 e. The summed E-state index contributed by atoms with van der Waals surface area (Å²) in [5.74, 6) is 0. The molecule has 208 valence electrons. The van der Waals surface area contributed by atoms with E-state index in [1.54, 1.807) is 0 Å². The predicted molar refractivity (Wildman–Crippen MR) is 164 cm³/mol. The highest BCUT2D eigenvalue weighted by Gasteiger charge is 1.94. The van der Waals surface area contributed by atoms with Gasteiger partial charge in [0.15, 0.2) is 0 Å². The van der Waals surface area contributed by atoms with Gasteiger partial charge in [0.05, 0.1) is 0 Å². The number of hydrogen-bond donors (Lipinski definition) is 0. The van der Waals surface area contributed by atoms with Crippen LogP contribution in [-0.4, -0.2) is 0 Å². The van der Waals surface area contributed by atoms with Crippen molar-refractivity contribution in [3.8, 4) is 0 Å². The van der Waals surface area contributed by atoms with Crippen LogP contribution in [0, 0.1) is 0 Å². The Bertz CT molecular complexity index is 404. The van der Waals surface area contributed by atoms with Gasteiger partial charge < -0.3 is 0 Å². The third-order valence-corrected chi connectivity index (χ3v) is 7.52. The molecule has 0 saturated carbocycles. The lowest BCUT2D eigenvalue weighted by molar-refractivity contribution is 0.540. The minimum atomic E-state index is 1.30. The molecular formula is C35H68. The summed E-state index contributed by atoms with van der Waals surface area (Å²) in [5.41, 5.74) is 0. The molecule has 0 aliphatic rings. The van der Waals surface area contributed by atoms with Gasteiger partial charge in [-0.05, 0) is 51.4 Å². The molecular weight excluding hydrogens is 420 g/mol. The maximum Gasteiger partial charge on any atom is -0.0351 e. The molecule has 0 nitrogen and oxygen atoms in total. The van der Waals surface area contributed by atoms with E-state index in [9.17, 15) is 0 Å². The Hall–Kier alpha value is -0.520. The Morgan fingerprint density at radius 2 is 0.400 bits per heavy atom. The van der Waals surface area contributed by atoms with Crippen molar-refractivity contribution >= 4 is 0 Å². The minimum Gasteiger partial charge on any atom is -0.0885 e. The first-order valence-corrected chi connectivity index (χ1v) is 16.7. The predicted octanol–water partition coefficient (Wildman–Crippen LogP) is 13.5. The van der Waals surface area contributed by atoms with Crippen molar-refractivity contribution in [3.05, 3.63) is 24.3 Å². The van der Waals surface area contributed by atoms with Crippen molar-refractivity contribution in [2.75, 3.05) is 0 Å². The van der Waals surface area contributed by atoms with Gasteiger partial charge in [-0.1, -0.05) is 173 Å². The summed E-state index contributed by atoms with van der Waals surface area (Å²) < 4.78 is 0. The van der Waals surface area contributed by atoms with Crippen LogP contribution >= 0.6 is 0 Å². The molecule has 0 spiro atoms. The van der Waals surface area contributed by atoms with Crippen LogP contribution in [0.5, 0.6) is 0 Å². The van der Waals surface area contributed by atoms with Crippen LogP contribution in [0.1, 0.15) is 200 Å². The monoisotopic (exact) mass is 489 g/mol. The van der Waals surface area contributed by atoms with Crippen LogP contribution in [0.3, 0.4) is 0 Å². The van der Waals surface area contributed by atoms with Crippen LogP contribution in [0.4, 0.5) is 0 Å². The van der Waals surface area contributed by atoms with E-state index in [1.807, 2.05) is 0 Å². The molecule has 0 heterocycles. The van der Waals surface area contributed by atoms with E-state index in [0.717, 1.165) is 0 Å². The molecule has 0 bridgehead atoms. The molecule has 0 aromatic heterocycles. The second-order valence-corrected chi connectivity index (χ2v) is 11.2. The molecule has 0 aromatic carbocycles. The van der Waals surface area contributed by atoms with E-state index >= 15 is 0 Å². The highest BCUT2D eigenvalue weighted by atomic mass is 14.0. The molecule has 0 aliphatic heterocycles. The van der Waals surface area contributed by atoms with Crippen molar-refractivity contribution in [2.45, 2.75) is 200 Å². The fourth-order valence-electron chi connectivity index (χ4n) is 5.03. The minimum absolute atomic E-state index is 1.30. The summed E-state index contributed by atoms with van der Waals surface area (Å²) in [6.45, 7) is 4.60. The highest BCUT2D eigenvalue weighted by Crippen LogP contribution is 2.14. The van der Waals surface area contributed by atoms with Crippen LogP contribution in [0.2, 0.25) is 0 Å². The lowest BCUT2D eigenvalue weighted by Crippen LogP contribution is -1.82. The van der Waals surface area contributed by atoms with Crippen molar-refractivity contribution in [3.63, 3.8) is 0 Å². The van der Waals surface area contributed by atoms with Crippen LogP contribution < -0.4 is 0 Å². The first-order valence-electron chi connectivity index (χ1n) is 16.7. The quantitative estimate of drug-likeness (QED) is 0.0696. The third-order valence-electron chi connectivity index (χ3n) is 7.52. The Kier molecular flexibility index (Phi) is 33.0. The average Bonchev–Trinajstić information content (AvgIpc) is 2.87. The second kappa shape index (κ2) is 33.5. The van der Waals surface area contributed by atoms with Crippen molar-refractivity contribution in [2.24, 2.45) is 0 Å². The van der Waals surface area contributed by atoms with Crippen molar-refractivity contribution in [1.29, 1.82) is 0 Å². The molecule has 35 heavy (non-hydrogen) atoms. The second-order valence-electron chi connectivity index (χ2n) is 11.2. The zero-order valence-electron chi connectivity index (χ0n) is 24.8. The molecule has 0 amide bonds. The maximum absolute atomic E-state index is 2.45. The first-order chi connectivity index (χ1) is 17.4. The Balaban J connectivity index is 3.12. The van der Waals surface area contributed by atoms with Gasteiger partial charge in [-0.2, -0.15) is 0 Å². The van der Waals surface area contributed by atoms with E-state index in [1.165, 1.54) is 186 Å².